The maximum Gasteiger partial charge on any atom is 0.235 e. The van der Waals surface area contributed by atoms with Gasteiger partial charge in [0, 0.05) is 18.9 Å². The van der Waals surface area contributed by atoms with Gasteiger partial charge in [-0.1, -0.05) is 74.5 Å². The first-order valence-corrected chi connectivity index (χ1v) is 12.2. The molecular weight excluding hydrogens is 410 g/mol. The van der Waals surface area contributed by atoms with E-state index < -0.39 is 21.5 Å². The SMILES string of the molecule is CC(C)CC(NC(=O)CS(=O)(=O)Cc1nccn1Cc1ccccc1)c1ccccc1. The van der Waals surface area contributed by atoms with Gasteiger partial charge in [0.25, 0.3) is 0 Å². The molecule has 2 aromatic carbocycles. The van der Waals surface area contributed by atoms with E-state index in [4.69, 9.17) is 0 Å². The highest BCUT2D eigenvalue weighted by Gasteiger charge is 2.23. The summed E-state index contributed by atoms with van der Waals surface area (Å²) >= 11 is 0. The summed E-state index contributed by atoms with van der Waals surface area (Å²) in [5.74, 6) is -0.547. The second-order valence-corrected chi connectivity index (χ2v) is 10.2. The highest BCUT2D eigenvalue weighted by molar-refractivity contribution is 7.91. The molecule has 7 heteroatoms. The van der Waals surface area contributed by atoms with Crippen molar-refractivity contribution in [2.45, 2.75) is 38.6 Å². The number of amides is 1. The highest BCUT2D eigenvalue weighted by atomic mass is 32.2. The van der Waals surface area contributed by atoms with Crippen molar-refractivity contribution in [3.05, 3.63) is 90.0 Å². The fraction of sp³-hybridized carbons (Fsp3) is 0.333. The number of nitrogens with zero attached hydrogens (tertiary/aromatic N) is 2. The molecule has 1 N–H and O–H groups in total. The number of rotatable bonds is 10. The number of carbonyl (C=O) groups excluding carboxylic acids is 1. The lowest BCUT2D eigenvalue weighted by Crippen LogP contribution is -2.34. The Morgan fingerprint density at radius 1 is 1.03 bits per heavy atom. The van der Waals surface area contributed by atoms with Gasteiger partial charge >= 0.3 is 0 Å². The van der Waals surface area contributed by atoms with Crippen LogP contribution in [-0.2, 0) is 26.9 Å². The molecule has 164 valence electrons. The first-order chi connectivity index (χ1) is 14.8. The predicted molar refractivity (Wildman–Crippen MR) is 122 cm³/mol. The second-order valence-electron chi connectivity index (χ2n) is 8.15. The number of hydrogen-bond acceptors (Lipinski definition) is 4. The van der Waals surface area contributed by atoms with Gasteiger partial charge in [-0.3, -0.25) is 4.79 Å². The highest BCUT2D eigenvalue weighted by Crippen LogP contribution is 2.21. The number of benzene rings is 2. The first-order valence-electron chi connectivity index (χ1n) is 10.4. The lowest BCUT2D eigenvalue weighted by atomic mass is 9.97. The topological polar surface area (TPSA) is 81.1 Å². The summed E-state index contributed by atoms with van der Waals surface area (Å²) in [4.78, 5) is 16.8. The van der Waals surface area contributed by atoms with Crippen molar-refractivity contribution >= 4 is 15.7 Å². The molecule has 1 heterocycles. The van der Waals surface area contributed by atoms with Crippen molar-refractivity contribution in [3.63, 3.8) is 0 Å². The molecule has 0 fully saturated rings. The zero-order valence-corrected chi connectivity index (χ0v) is 18.8. The molecule has 0 bridgehead atoms. The number of imidazole rings is 1. The van der Waals surface area contributed by atoms with Gasteiger partial charge in [-0.05, 0) is 23.5 Å². The quantitative estimate of drug-likeness (QED) is 0.522. The summed E-state index contributed by atoms with van der Waals surface area (Å²) in [5, 5.41) is 2.91. The van der Waals surface area contributed by atoms with Crippen molar-refractivity contribution in [3.8, 4) is 0 Å². The molecule has 1 aromatic heterocycles. The van der Waals surface area contributed by atoms with Crippen molar-refractivity contribution in [2.24, 2.45) is 5.92 Å². The van der Waals surface area contributed by atoms with Crippen LogP contribution in [0.25, 0.3) is 0 Å². The van der Waals surface area contributed by atoms with Crippen LogP contribution in [0.2, 0.25) is 0 Å². The largest absolute Gasteiger partial charge is 0.348 e. The minimum Gasteiger partial charge on any atom is -0.348 e. The summed E-state index contributed by atoms with van der Waals surface area (Å²) in [5.41, 5.74) is 2.02. The molecule has 0 saturated carbocycles. The average Bonchev–Trinajstić information content (AvgIpc) is 3.13. The molecule has 1 amide bonds. The van der Waals surface area contributed by atoms with E-state index in [0.717, 1.165) is 17.5 Å². The third-order valence-electron chi connectivity index (χ3n) is 4.94. The van der Waals surface area contributed by atoms with Crippen LogP contribution in [0.5, 0.6) is 0 Å². The van der Waals surface area contributed by atoms with E-state index in [1.54, 1.807) is 17.0 Å². The Hall–Kier alpha value is -2.93. The molecule has 0 saturated heterocycles. The molecule has 0 aliphatic carbocycles. The number of hydrogen-bond donors (Lipinski definition) is 1. The van der Waals surface area contributed by atoms with Gasteiger partial charge in [0.2, 0.25) is 5.91 Å². The van der Waals surface area contributed by atoms with E-state index in [1.165, 1.54) is 0 Å². The summed E-state index contributed by atoms with van der Waals surface area (Å²) < 4.78 is 27.3. The van der Waals surface area contributed by atoms with Crippen LogP contribution in [0.4, 0.5) is 0 Å². The zero-order chi connectivity index (χ0) is 22.3. The minimum atomic E-state index is -3.67. The molecule has 0 aliphatic rings. The van der Waals surface area contributed by atoms with Gasteiger partial charge < -0.3 is 9.88 Å². The average molecular weight is 440 g/mol. The van der Waals surface area contributed by atoms with Crippen molar-refractivity contribution in [1.29, 1.82) is 0 Å². The Labute approximate surface area is 184 Å². The van der Waals surface area contributed by atoms with Gasteiger partial charge in [-0.25, -0.2) is 13.4 Å². The second kappa shape index (κ2) is 10.4. The van der Waals surface area contributed by atoms with Gasteiger partial charge in [0.05, 0.1) is 6.04 Å². The summed E-state index contributed by atoms with van der Waals surface area (Å²) in [7, 11) is -3.67. The van der Waals surface area contributed by atoms with Crippen molar-refractivity contribution < 1.29 is 13.2 Å². The Morgan fingerprint density at radius 3 is 2.32 bits per heavy atom. The van der Waals surface area contributed by atoms with E-state index in [2.05, 4.69) is 24.1 Å². The molecule has 1 unspecified atom stereocenters. The van der Waals surface area contributed by atoms with Crippen molar-refractivity contribution in [1.82, 2.24) is 14.9 Å². The molecule has 31 heavy (non-hydrogen) atoms. The number of aromatic nitrogens is 2. The number of carbonyl (C=O) groups is 1. The van der Waals surface area contributed by atoms with Gasteiger partial charge in [0.1, 0.15) is 17.3 Å². The number of nitrogens with one attached hydrogen (secondary N) is 1. The fourth-order valence-electron chi connectivity index (χ4n) is 3.52. The molecule has 3 rings (SSSR count). The minimum absolute atomic E-state index is 0.219. The van der Waals surface area contributed by atoms with E-state index in [0.29, 0.717) is 18.3 Å². The van der Waals surface area contributed by atoms with Crippen LogP contribution >= 0.6 is 0 Å². The van der Waals surface area contributed by atoms with E-state index in [1.807, 2.05) is 60.7 Å². The lowest BCUT2D eigenvalue weighted by molar-refractivity contribution is -0.119. The van der Waals surface area contributed by atoms with Gasteiger partial charge in [-0.2, -0.15) is 0 Å². The lowest BCUT2D eigenvalue weighted by Gasteiger charge is -2.21. The Balaban J connectivity index is 1.65. The van der Waals surface area contributed by atoms with Crippen LogP contribution in [0.3, 0.4) is 0 Å². The summed E-state index contributed by atoms with van der Waals surface area (Å²) in [6, 6.07) is 19.2. The van der Waals surface area contributed by atoms with Crippen LogP contribution in [-0.4, -0.2) is 29.6 Å². The molecule has 1 atom stereocenters. The van der Waals surface area contributed by atoms with Crippen LogP contribution in [0.1, 0.15) is 43.3 Å². The fourth-order valence-corrected chi connectivity index (χ4v) is 4.74. The summed E-state index contributed by atoms with van der Waals surface area (Å²) in [6.45, 7) is 4.68. The molecule has 0 spiro atoms. The van der Waals surface area contributed by atoms with Crippen LogP contribution in [0.15, 0.2) is 73.1 Å². The Bertz CT molecular complexity index is 1080. The maximum absolute atomic E-state index is 12.7. The van der Waals surface area contributed by atoms with E-state index in [9.17, 15) is 13.2 Å². The van der Waals surface area contributed by atoms with Crippen LogP contribution < -0.4 is 5.32 Å². The molecule has 0 aliphatic heterocycles. The molecular formula is C24H29N3O3S. The van der Waals surface area contributed by atoms with E-state index in [-0.39, 0.29) is 11.8 Å². The molecule has 6 nitrogen and oxygen atoms in total. The van der Waals surface area contributed by atoms with Crippen molar-refractivity contribution in [2.75, 3.05) is 5.75 Å². The monoisotopic (exact) mass is 439 g/mol. The molecule has 3 aromatic rings. The zero-order valence-electron chi connectivity index (χ0n) is 17.9. The van der Waals surface area contributed by atoms with Gasteiger partial charge in [-0.15, -0.1) is 0 Å². The smallest absolute Gasteiger partial charge is 0.235 e. The Morgan fingerprint density at radius 2 is 1.68 bits per heavy atom. The van der Waals surface area contributed by atoms with E-state index >= 15 is 0 Å². The third-order valence-corrected chi connectivity index (χ3v) is 6.34. The molecule has 0 radical (unpaired) electrons. The third kappa shape index (κ3) is 7.07. The van der Waals surface area contributed by atoms with Crippen LogP contribution in [0, 0.1) is 5.92 Å². The summed E-state index contributed by atoms with van der Waals surface area (Å²) in [6.07, 6.45) is 4.07. The Kier molecular flexibility index (Phi) is 7.63. The maximum atomic E-state index is 12.7. The first kappa shape index (κ1) is 22.7. The number of sulfone groups is 1. The predicted octanol–water partition coefficient (Wildman–Crippen LogP) is 3.75. The van der Waals surface area contributed by atoms with Gasteiger partial charge in [0.15, 0.2) is 9.84 Å². The normalized spacial score (nSPS) is 12.6. The standard InChI is InChI=1S/C24H29N3O3S/c1-19(2)15-22(21-11-7-4-8-12-21)26-24(28)18-31(29,30)17-23-25-13-14-27(23)16-20-9-5-3-6-10-20/h3-14,19,22H,15-18H2,1-2H3,(H,26,28).